The Morgan fingerprint density at radius 3 is 2.12 bits per heavy atom. The fraction of sp³-hybridized carbons (Fsp3) is 0.600. The molecule has 2 aliphatic rings. The number of benzene rings is 1. The smallest absolute Gasteiger partial charge is 0.253 e. The van der Waals surface area contributed by atoms with Gasteiger partial charge in [0.2, 0.25) is 5.91 Å². The van der Waals surface area contributed by atoms with Gasteiger partial charge in [-0.3, -0.25) is 9.59 Å². The van der Waals surface area contributed by atoms with E-state index in [0.29, 0.717) is 32.1 Å². The third-order valence-corrected chi connectivity index (χ3v) is 5.32. The van der Waals surface area contributed by atoms with Crippen LogP contribution in [0.5, 0.6) is 0 Å². The molecule has 0 N–H and O–H groups in total. The standard InChI is InChI=1S/C20H28N2O2/c1-2-5-16-8-10-18(11-9-16)20(24)22-14-12-21(13-15-22)19(23)17-6-3-4-7-17/h8-11,17H,2-7,12-15H2,1H3. The number of nitrogens with zero attached hydrogens (tertiary/aromatic N) is 2. The van der Waals surface area contributed by atoms with E-state index in [1.54, 1.807) is 0 Å². The zero-order valence-corrected chi connectivity index (χ0v) is 14.7. The van der Waals surface area contributed by atoms with Gasteiger partial charge in [-0.25, -0.2) is 0 Å². The summed E-state index contributed by atoms with van der Waals surface area (Å²) in [4.78, 5) is 28.9. The van der Waals surface area contributed by atoms with Crippen molar-refractivity contribution in [2.24, 2.45) is 5.92 Å². The van der Waals surface area contributed by atoms with Crippen LogP contribution in [-0.2, 0) is 11.2 Å². The van der Waals surface area contributed by atoms with Crippen LogP contribution in [0.1, 0.15) is 54.9 Å². The molecule has 0 bridgehead atoms. The number of hydrogen-bond acceptors (Lipinski definition) is 2. The van der Waals surface area contributed by atoms with Crippen molar-refractivity contribution < 1.29 is 9.59 Å². The first kappa shape index (κ1) is 17.0. The Morgan fingerprint density at radius 1 is 0.958 bits per heavy atom. The minimum Gasteiger partial charge on any atom is -0.339 e. The average molecular weight is 328 g/mol. The first-order chi connectivity index (χ1) is 11.7. The maximum absolute atomic E-state index is 12.6. The number of aryl methyl sites for hydroxylation is 1. The Kier molecular flexibility index (Phi) is 5.54. The molecule has 4 heteroatoms. The van der Waals surface area contributed by atoms with Gasteiger partial charge in [0.15, 0.2) is 0 Å². The Morgan fingerprint density at radius 2 is 1.54 bits per heavy atom. The van der Waals surface area contributed by atoms with Crippen LogP contribution in [0.15, 0.2) is 24.3 Å². The molecule has 130 valence electrons. The lowest BCUT2D eigenvalue weighted by molar-refractivity contribution is -0.136. The molecule has 24 heavy (non-hydrogen) atoms. The fourth-order valence-corrected chi connectivity index (χ4v) is 3.85. The Balaban J connectivity index is 1.53. The van der Waals surface area contributed by atoms with E-state index in [1.165, 1.54) is 18.4 Å². The number of amides is 2. The molecule has 0 aromatic heterocycles. The van der Waals surface area contributed by atoms with Crippen LogP contribution < -0.4 is 0 Å². The van der Waals surface area contributed by atoms with Crippen molar-refractivity contribution in [3.63, 3.8) is 0 Å². The molecule has 1 heterocycles. The van der Waals surface area contributed by atoms with Crippen LogP contribution in [0.4, 0.5) is 0 Å². The van der Waals surface area contributed by atoms with E-state index < -0.39 is 0 Å². The van der Waals surface area contributed by atoms with Crippen LogP contribution in [0, 0.1) is 5.92 Å². The second-order valence-corrected chi connectivity index (χ2v) is 7.05. The molecule has 1 saturated heterocycles. The molecule has 1 aromatic carbocycles. The molecule has 3 rings (SSSR count). The quantitative estimate of drug-likeness (QED) is 0.852. The van der Waals surface area contributed by atoms with Gasteiger partial charge in [-0.05, 0) is 37.0 Å². The summed E-state index contributed by atoms with van der Waals surface area (Å²) in [6.45, 7) is 4.80. The van der Waals surface area contributed by atoms with Crippen molar-refractivity contribution >= 4 is 11.8 Å². The largest absolute Gasteiger partial charge is 0.339 e. The van der Waals surface area contributed by atoms with E-state index in [0.717, 1.165) is 31.2 Å². The molecular weight excluding hydrogens is 300 g/mol. The molecule has 4 nitrogen and oxygen atoms in total. The monoisotopic (exact) mass is 328 g/mol. The summed E-state index contributed by atoms with van der Waals surface area (Å²) >= 11 is 0. The number of carbonyl (C=O) groups excluding carboxylic acids is 2. The van der Waals surface area contributed by atoms with Crippen molar-refractivity contribution in [2.75, 3.05) is 26.2 Å². The van der Waals surface area contributed by atoms with Gasteiger partial charge < -0.3 is 9.80 Å². The number of carbonyl (C=O) groups is 2. The average Bonchev–Trinajstić information content (AvgIpc) is 3.16. The lowest BCUT2D eigenvalue weighted by Crippen LogP contribution is -2.51. The normalized spacial score (nSPS) is 18.9. The van der Waals surface area contributed by atoms with Gasteiger partial charge >= 0.3 is 0 Å². The molecule has 1 aliphatic heterocycles. The second kappa shape index (κ2) is 7.82. The summed E-state index contributed by atoms with van der Waals surface area (Å²) < 4.78 is 0. The SMILES string of the molecule is CCCc1ccc(C(=O)N2CCN(C(=O)C3CCCC3)CC2)cc1. The molecule has 0 radical (unpaired) electrons. The third-order valence-electron chi connectivity index (χ3n) is 5.32. The minimum absolute atomic E-state index is 0.0889. The minimum atomic E-state index is 0.0889. The summed E-state index contributed by atoms with van der Waals surface area (Å²) in [5.41, 5.74) is 2.03. The molecule has 1 aliphatic carbocycles. The molecule has 2 fully saturated rings. The zero-order chi connectivity index (χ0) is 16.9. The fourth-order valence-electron chi connectivity index (χ4n) is 3.85. The van der Waals surface area contributed by atoms with Crippen molar-refractivity contribution in [1.29, 1.82) is 0 Å². The van der Waals surface area contributed by atoms with Gasteiger partial charge in [-0.1, -0.05) is 38.3 Å². The number of hydrogen-bond donors (Lipinski definition) is 0. The molecular formula is C20H28N2O2. The summed E-state index contributed by atoms with van der Waals surface area (Å²) in [7, 11) is 0. The highest BCUT2D eigenvalue weighted by Gasteiger charge is 2.30. The molecule has 2 amide bonds. The Bertz CT molecular complexity index is 568. The first-order valence-corrected chi connectivity index (χ1v) is 9.36. The summed E-state index contributed by atoms with van der Waals surface area (Å²) in [6.07, 6.45) is 6.62. The first-order valence-electron chi connectivity index (χ1n) is 9.36. The lowest BCUT2D eigenvalue weighted by atomic mass is 10.1. The van der Waals surface area contributed by atoms with Crippen LogP contribution in [0.25, 0.3) is 0 Å². The highest BCUT2D eigenvalue weighted by Crippen LogP contribution is 2.27. The van der Waals surface area contributed by atoms with Gasteiger partial charge in [0.05, 0.1) is 0 Å². The van der Waals surface area contributed by atoms with E-state index in [1.807, 2.05) is 21.9 Å². The van der Waals surface area contributed by atoms with Crippen LogP contribution in [0.3, 0.4) is 0 Å². The maximum atomic E-state index is 12.6. The Labute approximate surface area is 144 Å². The van der Waals surface area contributed by atoms with E-state index in [4.69, 9.17) is 0 Å². The molecule has 1 aromatic rings. The van der Waals surface area contributed by atoms with Crippen molar-refractivity contribution in [2.45, 2.75) is 45.4 Å². The topological polar surface area (TPSA) is 40.6 Å². The van der Waals surface area contributed by atoms with Gasteiger partial charge in [-0.2, -0.15) is 0 Å². The third kappa shape index (κ3) is 3.80. The zero-order valence-electron chi connectivity index (χ0n) is 14.7. The van der Waals surface area contributed by atoms with Gasteiger partial charge in [0.25, 0.3) is 5.91 Å². The highest BCUT2D eigenvalue weighted by molar-refractivity contribution is 5.94. The number of piperazine rings is 1. The molecule has 0 unspecified atom stereocenters. The molecule has 1 saturated carbocycles. The van der Waals surface area contributed by atoms with Crippen molar-refractivity contribution in [3.05, 3.63) is 35.4 Å². The van der Waals surface area contributed by atoms with Crippen LogP contribution in [0.2, 0.25) is 0 Å². The van der Waals surface area contributed by atoms with Gasteiger partial charge in [-0.15, -0.1) is 0 Å². The Hall–Kier alpha value is -1.84. The highest BCUT2D eigenvalue weighted by atomic mass is 16.2. The van der Waals surface area contributed by atoms with Crippen molar-refractivity contribution in [3.8, 4) is 0 Å². The van der Waals surface area contributed by atoms with Gasteiger partial charge in [0.1, 0.15) is 0 Å². The maximum Gasteiger partial charge on any atom is 0.253 e. The second-order valence-electron chi connectivity index (χ2n) is 7.05. The van der Waals surface area contributed by atoms with Crippen molar-refractivity contribution in [1.82, 2.24) is 9.80 Å². The van der Waals surface area contributed by atoms with E-state index in [9.17, 15) is 9.59 Å². The van der Waals surface area contributed by atoms with Gasteiger partial charge in [0, 0.05) is 37.7 Å². The lowest BCUT2D eigenvalue weighted by Gasteiger charge is -2.36. The van der Waals surface area contributed by atoms with E-state index >= 15 is 0 Å². The molecule has 0 spiro atoms. The summed E-state index contributed by atoms with van der Waals surface area (Å²) in [6, 6.07) is 7.97. The number of rotatable bonds is 4. The summed E-state index contributed by atoms with van der Waals surface area (Å²) in [5.74, 6) is 0.632. The van der Waals surface area contributed by atoms with E-state index in [-0.39, 0.29) is 11.8 Å². The predicted octanol–water partition coefficient (Wildman–Crippen LogP) is 3.11. The molecule has 0 atom stereocenters. The summed E-state index contributed by atoms with van der Waals surface area (Å²) in [5, 5.41) is 0. The predicted molar refractivity (Wildman–Crippen MR) is 94.9 cm³/mol. The van der Waals surface area contributed by atoms with Crippen LogP contribution in [-0.4, -0.2) is 47.8 Å². The van der Waals surface area contributed by atoms with Crippen LogP contribution >= 0.6 is 0 Å². The van der Waals surface area contributed by atoms with E-state index in [2.05, 4.69) is 19.1 Å².